The number of sulfonamides is 1. The maximum Gasteiger partial charge on any atom is 0.247 e. The topological polar surface area (TPSA) is 66.5 Å². The van der Waals surface area contributed by atoms with E-state index in [-0.39, 0.29) is 5.69 Å². The summed E-state index contributed by atoms with van der Waals surface area (Å²) in [5.41, 5.74) is 0.343. The van der Waals surface area contributed by atoms with Crippen LogP contribution < -0.4 is 9.62 Å². The van der Waals surface area contributed by atoms with Gasteiger partial charge in [-0.1, -0.05) is 28.1 Å². The van der Waals surface area contributed by atoms with E-state index in [1.54, 1.807) is 24.3 Å². The van der Waals surface area contributed by atoms with Crippen molar-refractivity contribution in [1.82, 2.24) is 0 Å². The normalized spacial score (nSPS) is 12.5. The Morgan fingerprint density at radius 3 is 2.29 bits per heavy atom. The minimum atomic E-state index is -3.86. The zero-order valence-corrected chi connectivity index (χ0v) is 15.4. The number of amides is 1. The Kier molecular flexibility index (Phi) is 5.61. The number of hydrogen-bond donors (Lipinski definition) is 1. The molecule has 2 aromatic carbocycles. The minimum Gasteiger partial charge on any atom is -0.324 e. The number of halogens is 2. The molecule has 24 heavy (non-hydrogen) atoms. The second-order valence-corrected chi connectivity index (χ2v) is 7.96. The Morgan fingerprint density at radius 2 is 1.75 bits per heavy atom. The molecule has 8 heteroatoms. The number of benzene rings is 2. The number of carbonyl (C=O) groups excluding carboxylic acids is 1. The molecular weight excluding hydrogens is 399 g/mol. The van der Waals surface area contributed by atoms with E-state index in [4.69, 9.17) is 0 Å². The van der Waals surface area contributed by atoms with Gasteiger partial charge in [-0.2, -0.15) is 0 Å². The number of nitrogens with zero attached hydrogens (tertiary/aromatic N) is 1. The first-order valence-electron chi connectivity index (χ1n) is 7.00. The standard InChI is InChI=1S/C16H16BrFN2O3S/c1-11(16(21)19-13-9-7-12(17)8-10-13)20(24(2,22)23)15-6-4-3-5-14(15)18/h3-11H,1-2H3,(H,19,21)/t11-/m1/s1. The lowest BCUT2D eigenvalue weighted by atomic mass is 10.2. The van der Waals surface area contributed by atoms with Crippen LogP contribution >= 0.6 is 15.9 Å². The van der Waals surface area contributed by atoms with Crippen molar-refractivity contribution in [3.05, 3.63) is 58.8 Å². The predicted molar refractivity (Wildman–Crippen MR) is 96.0 cm³/mol. The lowest BCUT2D eigenvalue weighted by molar-refractivity contribution is -0.116. The average molecular weight is 415 g/mol. The number of para-hydroxylation sites is 1. The zero-order valence-electron chi connectivity index (χ0n) is 13.0. The third-order valence-electron chi connectivity index (χ3n) is 3.29. The first-order chi connectivity index (χ1) is 11.2. The van der Waals surface area contributed by atoms with Crippen LogP contribution in [0.1, 0.15) is 6.92 Å². The molecule has 0 aromatic heterocycles. The molecule has 0 aliphatic rings. The van der Waals surface area contributed by atoms with E-state index in [2.05, 4.69) is 21.2 Å². The molecule has 5 nitrogen and oxygen atoms in total. The van der Waals surface area contributed by atoms with Gasteiger partial charge in [-0.05, 0) is 43.3 Å². The number of anilines is 2. The Labute approximate surface area is 148 Å². The molecule has 0 heterocycles. The summed E-state index contributed by atoms with van der Waals surface area (Å²) < 4.78 is 39.8. The van der Waals surface area contributed by atoms with Crippen LogP contribution in [0.5, 0.6) is 0 Å². The largest absolute Gasteiger partial charge is 0.324 e. The molecule has 0 bridgehead atoms. The van der Waals surface area contributed by atoms with Crippen LogP contribution in [0.15, 0.2) is 53.0 Å². The Balaban J connectivity index is 2.31. The van der Waals surface area contributed by atoms with E-state index in [9.17, 15) is 17.6 Å². The quantitative estimate of drug-likeness (QED) is 0.815. The molecule has 0 radical (unpaired) electrons. The second-order valence-electron chi connectivity index (χ2n) is 5.18. The van der Waals surface area contributed by atoms with Gasteiger partial charge in [0.2, 0.25) is 15.9 Å². The summed E-state index contributed by atoms with van der Waals surface area (Å²) in [6.45, 7) is 1.40. The molecule has 0 saturated heterocycles. The molecule has 2 aromatic rings. The summed E-state index contributed by atoms with van der Waals surface area (Å²) in [6.07, 6.45) is 0.933. The maximum absolute atomic E-state index is 14.0. The van der Waals surface area contributed by atoms with Gasteiger partial charge < -0.3 is 5.32 Å². The highest BCUT2D eigenvalue weighted by molar-refractivity contribution is 9.10. The fourth-order valence-electron chi connectivity index (χ4n) is 2.19. The first-order valence-corrected chi connectivity index (χ1v) is 9.64. The van der Waals surface area contributed by atoms with Crippen molar-refractivity contribution in [3.63, 3.8) is 0 Å². The van der Waals surface area contributed by atoms with Gasteiger partial charge >= 0.3 is 0 Å². The smallest absolute Gasteiger partial charge is 0.247 e. The fraction of sp³-hybridized carbons (Fsp3) is 0.188. The van der Waals surface area contributed by atoms with Gasteiger partial charge in [0.15, 0.2) is 0 Å². The van der Waals surface area contributed by atoms with Gasteiger partial charge in [-0.15, -0.1) is 0 Å². The van der Waals surface area contributed by atoms with E-state index in [0.717, 1.165) is 21.1 Å². The molecule has 0 aliphatic heterocycles. The van der Waals surface area contributed by atoms with Crippen molar-refractivity contribution >= 4 is 43.2 Å². The Hall–Kier alpha value is -1.93. The molecule has 0 unspecified atom stereocenters. The van der Waals surface area contributed by atoms with Crippen LogP contribution in [0, 0.1) is 5.82 Å². The van der Waals surface area contributed by atoms with E-state index in [1.165, 1.54) is 25.1 Å². The molecule has 128 valence electrons. The summed E-state index contributed by atoms with van der Waals surface area (Å²) in [6, 6.07) is 11.1. The second kappa shape index (κ2) is 7.31. The van der Waals surface area contributed by atoms with E-state index < -0.39 is 27.8 Å². The van der Waals surface area contributed by atoms with Gasteiger partial charge in [0, 0.05) is 10.2 Å². The maximum atomic E-state index is 14.0. The highest BCUT2D eigenvalue weighted by atomic mass is 79.9. The van der Waals surface area contributed by atoms with Crippen LogP contribution in [0.2, 0.25) is 0 Å². The third-order valence-corrected chi connectivity index (χ3v) is 5.05. The number of nitrogens with one attached hydrogen (secondary N) is 1. The van der Waals surface area contributed by atoms with Crippen LogP contribution in [0.25, 0.3) is 0 Å². The van der Waals surface area contributed by atoms with Gasteiger partial charge in [0.25, 0.3) is 0 Å². The number of rotatable bonds is 5. The molecule has 2 rings (SSSR count). The zero-order chi connectivity index (χ0) is 17.9. The molecule has 0 spiro atoms. The van der Waals surface area contributed by atoms with Gasteiger partial charge in [0.1, 0.15) is 11.9 Å². The molecule has 1 atom stereocenters. The van der Waals surface area contributed by atoms with Crippen molar-refractivity contribution in [2.24, 2.45) is 0 Å². The van der Waals surface area contributed by atoms with E-state index >= 15 is 0 Å². The van der Waals surface area contributed by atoms with Gasteiger partial charge in [0.05, 0.1) is 11.9 Å². The highest BCUT2D eigenvalue weighted by Gasteiger charge is 2.30. The number of carbonyl (C=O) groups is 1. The monoisotopic (exact) mass is 414 g/mol. The third kappa shape index (κ3) is 4.33. The lowest BCUT2D eigenvalue weighted by Gasteiger charge is -2.28. The SMILES string of the molecule is C[C@H](C(=O)Nc1ccc(Br)cc1)N(c1ccccc1F)S(C)(=O)=O. The summed E-state index contributed by atoms with van der Waals surface area (Å²) in [5, 5.41) is 2.62. The fourth-order valence-corrected chi connectivity index (χ4v) is 3.63. The van der Waals surface area contributed by atoms with Crippen LogP contribution in [-0.4, -0.2) is 26.6 Å². The molecule has 0 aliphatic carbocycles. The van der Waals surface area contributed by atoms with Crippen LogP contribution in [-0.2, 0) is 14.8 Å². The number of hydrogen-bond acceptors (Lipinski definition) is 3. The molecule has 0 fully saturated rings. The van der Waals surface area contributed by atoms with Crippen molar-refractivity contribution in [1.29, 1.82) is 0 Å². The summed E-state index contributed by atoms with van der Waals surface area (Å²) in [5.74, 6) is -1.28. The van der Waals surface area contributed by atoms with Gasteiger partial charge in [-0.25, -0.2) is 12.8 Å². The predicted octanol–water partition coefficient (Wildman–Crippen LogP) is 3.38. The van der Waals surface area contributed by atoms with Crippen molar-refractivity contribution in [3.8, 4) is 0 Å². The molecular formula is C16H16BrFN2O3S. The lowest BCUT2D eigenvalue weighted by Crippen LogP contribution is -2.45. The average Bonchev–Trinajstić information content (AvgIpc) is 2.50. The van der Waals surface area contributed by atoms with Gasteiger partial charge in [-0.3, -0.25) is 9.10 Å². The molecule has 1 amide bonds. The summed E-state index contributed by atoms with van der Waals surface area (Å²) in [4.78, 5) is 12.4. The van der Waals surface area contributed by atoms with Crippen molar-refractivity contribution in [2.45, 2.75) is 13.0 Å². The molecule has 0 saturated carbocycles. The highest BCUT2D eigenvalue weighted by Crippen LogP contribution is 2.24. The summed E-state index contributed by atoms with van der Waals surface area (Å²) in [7, 11) is -3.86. The van der Waals surface area contributed by atoms with Crippen LogP contribution in [0.4, 0.5) is 15.8 Å². The van der Waals surface area contributed by atoms with Crippen molar-refractivity contribution in [2.75, 3.05) is 15.9 Å². The summed E-state index contributed by atoms with van der Waals surface area (Å²) >= 11 is 3.29. The first kappa shape index (κ1) is 18.4. The Morgan fingerprint density at radius 1 is 1.17 bits per heavy atom. The van der Waals surface area contributed by atoms with E-state index in [1.807, 2.05) is 0 Å². The van der Waals surface area contributed by atoms with E-state index in [0.29, 0.717) is 5.69 Å². The molecule has 1 N–H and O–H groups in total. The van der Waals surface area contributed by atoms with Crippen molar-refractivity contribution < 1.29 is 17.6 Å². The Bertz CT molecular complexity index is 841. The minimum absolute atomic E-state index is 0.168. The van der Waals surface area contributed by atoms with Crippen LogP contribution in [0.3, 0.4) is 0 Å².